The van der Waals surface area contributed by atoms with Crippen molar-refractivity contribution in [3.8, 4) is 22.4 Å². The summed E-state index contributed by atoms with van der Waals surface area (Å²) in [7, 11) is 0. The van der Waals surface area contributed by atoms with Crippen LogP contribution < -0.4 is 10.6 Å². The van der Waals surface area contributed by atoms with Crippen LogP contribution in [0.2, 0.25) is 0 Å². The summed E-state index contributed by atoms with van der Waals surface area (Å²) < 4.78 is 0. The average Bonchev–Trinajstić information content (AvgIpc) is 3.10. The predicted octanol–water partition coefficient (Wildman–Crippen LogP) is 8.11. The maximum absolute atomic E-state index is 13.5. The van der Waals surface area contributed by atoms with E-state index in [1.54, 1.807) is 23.5 Å². The van der Waals surface area contributed by atoms with Crippen molar-refractivity contribution in [1.29, 1.82) is 0 Å². The number of carbonyl (C=O) groups is 2. The van der Waals surface area contributed by atoms with E-state index in [1.165, 1.54) is 19.3 Å². The quantitative estimate of drug-likeness (QED) is 0.180. The smallest absolute Gasteiger partial charge is 0.322 e. The Kier molecular flexibility index (Phi) is 9.55. The molecule has 5 aromatic rings. The Morgan fingerprint density at radius 1 is 0.689 bits per heavy atom. The highest BCUT2D eigenvalue weighted by atomic mass is 16.2. The van der Waals surface area contributed by atoms with Gasteiger partial charge in [0.1, 0.15) is 0 Å². The Hall–Kier alpha value is -5.30. The van der Waals surface area contributed by atoms with Crippen molar-refractivity contribution >= 4 is 17.6 Å². The van der Waals surface area contributed by atoms with Gasteiger partial charge in [-0.15, -0.1) is 0 Å². The molecule has 6 rings (SSSR count). The molecule has 2 heterocycles. The molecule has 0 bridgehead atoms. The van der Waals surface area contributed by atoms with E-state index in [0.717, 1.165) is 52.0 Å². The zero-order valence-corrected chi connectivity index (χ0v) is 25.2. The molecule has 2 N–H and O–H groups in total. The fraction of sp³-hybridized carbons (Fsp3) is 0.211. The molecule has 1 saturated carbocycles. The molecule has 0 radical (unpaired) electrons. The summed E-state index contributed by atoms with van der Waals surface area (Å²) in [6.07, 6.45) is 10.8. The lowest BCUT2D eigenvalue weighted by molar-refractivity contribution is 0.0927. The second kappa shape index (κ2) is 14.4. The standard InChI is InChI=1S/C38H37N5O2/c44-37(41-34-11-5-2-6-12-34)33-19-22-36(40-25-33)32-15-13-28(14-16-32)26-43(27-29-8-7-23-39-24-29)38(45)42-35-20-17-31(18-21-35)30-9-3-1-4-10-30/h1,3-4,7-10,13-25,34H,2,5-6,11-12,26-27H2,(H,41,44)(H,42,45). The topological polar surface area (TPSA) is 87.2 Å². The molecule has 7 heteroatoms. The van der Waals surface area contributed by atoms with E-state index >= 15 is 0 Å². The van der Waals surface area contributed by atoms with E-state index in [-0.39, 0.29) is 18.0 Å². The molecule has 2 aromatic heterocycles. The Bertz CT molecular complexity index is 1680. The number of carbonyl (C=O) groups excluding carboxylic acids is 2. The summed E-state index contributed by atoms with van der Waals surface area (Å²) in [4.78, 5) is 36.8. The largest absolute Gasteiger partial charge is 0.349 e. The molecule has 7 nitrogen and oxygen atoms in total. The van der Waals surface area contributed by atoms with Gasteiger partial charge in [0.2, 0.25) is 0 Å². The second-order valence-electron chi connectivity index (χ2n) is 11.5. The number of urea groups is 1. The van der Waals surface area contributed by atoms with Gasteiger partial charge < -0.3 is 15.5 Å². The highest BCUT2D eigenvalue weighted by Gasteiger charge is 2.18. The zero-order chi connectivity index (χ0) is 30.8. The Morgan fingerprint density at radius 3 is 2.09 bits per heavy atom. The number of hydrogen-bond acceptors (Lipinski definition) is 4. The monoisotopic (exact) mass is 595 g/mol. The predicted molar refractivity (Wildman–Crippen MR) is 178 cm³/mol. The molecule has 0 saturated heterocycles. The van der Waals surface area contributed by atoms with E-state index in [4.69, 9.17) is 0 Å². The third-order valence-electron chi connectivity index (χ3n) is 8.22. The number of pyridine rings is 2. The number of nitrogens with zero attached hydrogens (tertiary/aromatic N) is 3. The fourth-order valence-corrected chi connectivity index (χ4v) is 5.71. The molecule has 0 unspecified atom stereocenters. The van der Waals surface area contributed by atoms with Crippen molar-refractivity contribution < 1.29 is 9.59 Å². The van der Waals surface area contributed by atoms with Gasteiger partial charge in [0.15, 0.2) is 0 Å². The highest BCUT2D eigenvalue weighted by molar-refractivity contribution is 5.94. The number of anilines is 1. The van der Waals surface area contributed by atoms with Gasteiger partial charge in [-0.25, -0.2) is 4.79 Å². The van der Waals surface area contributed by atoms with E-state index in [9.17, 15) is 9.59 Å². The van der Waals surface area contributed by atoms with Crippen LogP contribution in [-0.2, 0) is 13.1 Å². The van der Waals surface area contributed by atoms with Gasteiger partial charge in [-0.3, -0.25) is 14.8 Å². The first-order chi connectivity index (χ1) is 22.1. The molecule has 45 heavy (non-hydrogen) atoms. The lowest BCUT2D eigenvalue weighted by Gasteiger charge is -2.23. The minimum absolute atomic E-state index is 0.0598. The Labute approximate surface area is 264 Å². The van der Waals surface area contributed by atoms with Gasteiger partial charge >= 0.3 is 6.03 Å². The minimum atomic E-state index is -0.195. The summed E-state index contributed by atoms with van der Waals surface area (Å²) in [6, 6.07) is 33.7. The first kappa shape index (κ1) is 29.8. The summed E-state index contributed by atoms with van der Waals surface area (Å²) in [5.74, 6) is -0.0598. The van der Waals surface area contributed by atoms with E-state index in [1.807, 2.05) is 91.0 Å². The lowest BCUT2D eigenvalue weighted by Crippen LogP contribution is -2.36. The van der Waals surface area contributed by atoms with Gasteiger partial charge in [-0.05, 0) is 65.4 Å². The third-order valence-corrected chi connectivity index (χ3v) is 8.22. The zero-order valence-electron chi connectivity index (χ0n) is 25.2. The van der Waals surface area contributed by atoms with E-state index in [0.29, 0.717) is 18.7 Å². The van der Waals surface area contributed by atoms with Crippen LogP contribution >= 0.6 is 0 Å². The van der Waals surface area contributed by atoms with Crippen LogP contribution in [0.25, 0.3) is 22.4 Å². The molecule has 0 atom stereocenters. The lowest BCUT2D eigenvalue weighted by atomic mass is 9.95. The van der Waals surface area contributed by atoms with Crippen LogP contribution in [0.5, 0.6) is 0 Å². The molecular weight excluding hydrogens is 558 g/mol. The molecule has 0 aliphatic heterocycles. The van der Waals surface area contributed by atoms with Gasteiger partial charge in [0.05, 0.1) is 11.3 Å². The highest BCUT2D eigenvalue weighted by Crippen LogP contribution is 2.23. The first-order valence-corrected chi connectivity index (χ1v) is 15.6. The summed E-state index contributed by atoms with van der Waals surface area (Å²) in [5, 5.41) is 6.21. The van der Waals surface area contributed by atoms with Crippen LogP contribution in [-0.4, -0.2) is 32.8 Å². The average molecular weight is 596 g/mol. The Morgan fingerprint density at radius 2 is 1.40 bits per heavy atom. The van der Waals surface area contributed by atoms with Crippen molar-refractivity contribution in [2.24, 2.45) is 0 Å². The maximum Gasteiger partial charge on any atom is 0.322 e. The second-order valence-corrected chi connectivity index (χ2v) is 11.5. The summed E-state index contributed by atoms with van der Waals surface area (Å²) in [6.45, 7) is 0.826. The van der Waals surface area contributed by atoms with Crippen LogP contribution in [0.1, 0.15) is 53.6 Å². The van der Waals surface area contributed by atoms with Crippen LogP contribution in [0, 0.1) is 0 Å². The van der Waals surface area contributed by atoms with Crippen LogP contribution in [0.4, 0.5) is 10.5 Å². The van der Waals surface area contributed by atoms with Crippen molar-refractivity contribution in [2.45, 2.75) is 51.2 Å². The summed E-state index contributed by atoms with van der Waals surface area (Å²) >= 11 is 0. The molecular formula is C38H37N5O2. The number of rotatable bonds is 9. The molecule has 3 aromatic carbocycles. The molecule has 0 spiro atoms. The van der Waals surface area contributed by atoms with Crippen LogP contribution in [0.3, 0.4) is 0 Å². The van der Waals surface area contributed by atoms with E-state index < -0.39 is 0 Å². The summed E-state index contributed by atoms with van der Waals surface area (Å²) in [5.41, 5.74) is 7.19. The van der Waals surface area contributed by atoms with Crippen LogP contribution in [0.15, 0.2) is 122 Å². The number of nitrogens with one attached hydrogen (secondary N) is 2. The maximum atomic E-state index is 13.5. The SMILES string of the molecule is O=C(NC1CCCCC1)c1ccc(-c2ccc(CN(Cc3cccnc3)C(=O)Nc3ccc(-c4ccccc4)cc3)cc2)nc1. The molecule has 1 aliphatic rings. The van der Waals surface area contributed by atoms with Crippen molar-refractivity contribution in [3.05, 3.63) is 138 Å². The van der Waals surface area contributed by atoms with Crippen molar-refractivity contribution in [1.82, 2.24) is 20.2 Å². The normalized spacial score (nSPS) is 13.2. The van der Waals surface area contributed by atoms with E-state index in [2.05, 4.69) is 32.7 Å². The number of aromatic nitrogens is 2. The van der Waals surface area contributed by atoms with Gasteiger partial charge in [-0.2, -0.15) is 0 Å². The van der Waals surface area contributed by atoms with Gasteiger partial charge in [-0.1, -0.05) is 92.1 Å². The number of hydrogen-bond donors (Lipinski definition) is 2. The molecule has 1 aliphatic carbocycles. The molecule has 3 amide bonds. The number of amides is 3. The van der Waals surface area contributed by atoms with Crippen molar-refractivity contribution in [3.63, 3.8) is 0 Å². The fourth-order valence-electron chi connectivity index (χ4n) is 5.71. The first-order valence-electron chi connectivity index (χ1n) is 15.6. The molecule has 226 valence electrons. The van der Waals surface area contributed by atoms with Gasteiger partial charge in [0, 0.05) is 49.0 Å². The third kappa shape index (κ3) is 8.00. The van der Waals surface area contributed by atoms with Gasteiger partial charge in [0.25, 0.3) is 5.91 Å². The minimum Gasteiger partial charge on any atom is -0.349 e. The number of benzene rings is 3. The molecule has 1 fully saturated rings. The Balaban J connectivity index is 1.12. The van der Waals surface area contributed by atoms with Crippen molar-refractivity contribution in [2.75, 3.05) is 5.32 Å².